The Hall–Kier alpha value is -1.60. The summed E-state index contributed by atoms with van der Waals surface area (Å²) in [6, 6.07) is 0.613. The first-order chi connectivity index (χ1) is 6.37. The second kappa shape index (κ2) is 3.64. The van der Waals surface area contributed by atoms with Crippen LogP contribution in [0.3, 0.4) is 0 Å². The van der Waals surface area contributed by atoms with Crippen LogP contribution in [0.5, 0.6) is 5.88 Å². The van der Waals surface area contributed by atoms with Gasteiger partial charge in [-0.3, -0.25) is 0 Å². The molecule has 14 heavy (non-hydrogen) atoms. The number of nitrogens with zero attached hydrogens (tertiary/aromatic N) is 2. The third-order valence-corrected chi connectivity index (χ3v) is 1.07. The van der Waals surface area contributed by atoms with Gasteiger partial charge >= 0.3 is 6.18 Å². The number of nitrogen functional groups attached to an aromatic ring is 1. The van der Waals surface area contributed by atoms with E-state index in [0.717, 1.165) is 0 Å². The number of halogens is 4. The maximum absolute atomic E-state index is 12.5. The molecule has 0 amide bonds. The number of hydrogen-bond donors (Lipinski definition) is 1. The van der Waals surface area contributed by atoms with Crippen molar-refractivity contribution < 1.29 is 22.3 Å². The Labute approximate surface area is 75.7 Å². The molecule has 0 spiro atoms. The summed E-state index contributed by atoms with van der Waals surface area (Å²) in [6.45, 7) is -1.55. The molecule has 78 valence electrons. The predicted octanol–water partition coefficient (Wildman–Crippen LogP) is 1.14. The van der Waals surface area contributed by atoms with E-state index in [1.165, 1.54) is 0 Å². The lowest BCUT2D eigenvalue weighted by Crippen LogP contribution is -2.20. The van der Waals surface area contributed by atoms with Crippen LogP contribution in [0.1, 0.15) is 0 Å². The van der Waals surface area contributed by atoms with Crippen molar-refractivity contribution in [2.75, 3.05) is 12.3 Å². The zero-order chi connectivity index (χ0) is 10.8. The van der Waals surface area contributed by atoms with Crippen LogP contribution in [0.15, 0.2) is 6.07 Å². The van der Waals surface area contributed by atoms with Gasteiger partial charge in [-0.1, -0.05) is 0 Å². The van der Waals surface area contributed by atoms with Gasteiger partial charge in [0, 0.05) is 0 Å². The van der Waals surface area contributed by atoms with Gasteiger partial charge in [-0.25, -0.2) is 0 Å². The van der Waals surface area contributed by atoms with Crippen LogP contribution in [-0.2, 0) is 0 Å². The van der Waals surface area contributed by atoms with E-state index in [-0.39, 0.29) is 0 Å². The van der Waals surface area contributed by atoms with Gasteiger partial charge in [-0.15, -0.1) is 0 Å². The molecule has 4 nitrogen and oxygen atoms in total. The van der Waals surface area contributed by atoms with Gasteiger partial charge in [0.2, 0.25) is 17.8 Å². The number of alkyl halides is 3. The fourth-order valence-electron chi connectivity index (χ4n) is 0.643. The predicted molar refractivity (Wildman–Crippen MR) is 38.0 cm³/mol. The number of hydrogen-bond acceptors (Lipinski definition) is 4. The molecular weight excluding hydrogens is 206 g/mol. The lowest BCUT2D eigenvalue weighted by atomic mass is 10.6. The Kier molecular flexibility index (Phi) is 2.73. The van der Waals surface area contributed by atoms with Crippen molar-refractivity contribution >= 4 is 5.95 Å². The Bertz CT molecular complexity index is 307. The Morgan fingerprint density at radius 3 is 2.50 bits per heavy atom. The minimum Gasteiger partial charge on any atom is -0.468 e. The van der Waals surface area contributed by atoms with E-state index < -0.39 is 30.6 Å². The normalized spacial score (nSPS) is 11.4. The molecule has 1 aromatic rings. The Morgan fingerprint density at radius 1 is 1.36 bits per heavy atom. The molecule has 2 N–H and O–H groups in total. The Morgan fingerprint density at radius 2 is 2.00 bits per heavy atom. The van der Waals surface area contributed by atoms with Gasteiger partial charge in [0.15, 0.2) is 6.61 Å². The molecule has 0 fully saturated rings. The van der Waals surface area contributed by atoms with Gasteiger partial charge in [0.05, 0.1) is 6.07 Å². The van der Waals surface area contributed by atoms with Crippen LogP contribution in [0, 0.1) is 5.95 Å². The lowest BCUT2D eigenvalue weighted by molar-refractivity contribution is -0.154. The quantitative estimate of drug-likeness (QED) is 0.588. The highest BCUT2D eigenvalue weighted by molar-refractivity contribution is 5.21. The molecule has 0 radical (unpaired) electrons. The van der Waals surface area contributed by atoms with E-state index in [1.54, 1.807) is 0 Å². The molecule has 0 aliphatic rings. The third kappa shape index (κ3) is 3.42. The van der Waals surface area contributed by atoms with Crippen LogP contribution in [-0.4, -0.2) is 22.8 Å². The van der Waals surface area contributed by atoms with E-state index in [0.29, 0.717) is 6.07 Å². The molecule has 0 unspecified atom stereocenters. The third-order valence-electron chi connectivity index (χ3n) is 1.07. The second-order valence-electron chi connectivity index (χ2n) is 2.29. The summed E-state index contributed by atoms with van der Waals surface area (Å²) in [7, 11) is 0. The molecule has 1 rings (SSSR count). The van der Waals surface area contributed by atoms with Gasteiger partial charge in [0.1, 0.15) is 0 Å². The average Bonchev–Trinajstić information content (AvgIpc) is 1.97. The van der Waals surface area contributed by atoms with Crippen molar-refractivity contribution in [1.29, 1.82) is 0 Å². The minimum atomic E-state index is -4.50. The van der Waals surface area contributed by atoms with Gasteiger partial charge in [-0.2, -0.15) is 27.5 Å². The SMILES string of the molecule is Nc1nc(F)cc(OCC(F)(F)F)n1. The topological polar surface area (TPSA) is 61.0 Å². The number of nitrogens with two attached hydrogens (primary N) is 1. The monoisotopic (exact) mass is 211 g/mol. The van der Waals surface area contributed by atoms with Crippen LogP contribution in [0.4, 0.5) is 23.5 Å². The highest BCUT2D eigenvalue weighted by atomic mass is 19.4. The molecule has 0 atom stereocenters. The largest absolute Gasteiger partial charge is 0.468 e. The highest BCUT2D eigenvalue weighted by Crippen LogP contribution is 2.17. The van der Waals surface area contributed by atoms with E-state index in [9.17, 15) is 17.6 Å². The van der Waals surface area contributed by atoms with Crippen molar-refractivity contribution in [1.82, 2.24) is 9.97 Å². The molecule has 0 saturated carbocycles. The second-order valence-corrected chi connectivity index (χ2v) is 2.29. The number of rotatable bonds is 2. The summed E-state index contributed by atoms with van der Waals surface area (Å²) in [4.78, 5) is 6.26. The molecular formula is C6H5F4N3O. The fourth-order valence-corrected chi connectivity index (χ4v) is 0.643. The number of aromatic nitrogens is 2. The number of anilines is 1. The summed E-state index contributed by atoms with van der Waals surface area (Å²) >= 11 is 0. The minimum absolute atomic E-state index is 0.484. The summed E-state index contributed by atoms with van der Waals surface area (Å²) < 4.78 is 51.5. The maximum Gasteiger partial charge on any atom is 0.422 e. The number of ether oxygens (including phenoxy) is 1. The van der Waals surface area contributed by atoms with Crippen molar-refractivity contribution in [2.45, 2.75) is 6.18 Å². The van der Waals surface area contributed by atoms with Gasteiger partial charge in [0.25, 0.3) is 0 Å². The first-order valence-corrected chi connectivity index (χ1v) is 3.36. The molecule has 0 aromatic carbocycles. The molecule has 8 heteroatoms. The molecule has 0 saturated heterocycles. The molecule has 0 aliphatic carbocycles. The summed E-state index contributed by atoms with van der Waals surface area (Å²) in [5.41, 5.74) is 4.98. The highest BCUT2D eigenvalue weighted by Gasteiger charge is 2.28. The van der Waals surface area contributed by atoms with E-state index in [2.05, 4.69) is 14.7 Å². The van der Waals surface area contributed by atoms with Crippen LogP contribution < -0.4 is 10.5 Å². The molecule has 1 aromatic heterocycles. The first kappa shape index (κ1) is 10.5. The van der Waals surface area contributed by atoms with Gasteiger partial charge in [-0.05, 0) is 0 Å². The smallest absolute Gasteiger partial charge is 0.422 e. The van der Waals surface area contributed by atoms with Crippen LogP contribution in [0.2, 0.25) is 0 Å². The summed E-state index contributed by atoms with van der Waals surface area (Å²) in [5, 5.41) is 0. The van der Waals surface area contributed by atoms with Crippen molar-refractivity contribution in [2.24, 2.45) is 0 Å². The van der Waals surface area contributed by atoms with E-state index in [4.69, 9.17) is 5.73 Å². The van der Waals surface area contributed by atoms with Crippen molar-refractivity contribution in [3.63, 3.8) is 0 Å². The van der Waals surface area contributed by atoms with E-state index >= 15 is 0 Å². The zero-order valence-electron chi connectivity index (χ0n) is 6.68. The zero-order valence-corrected chi connectivity index (χ0v) is 6.68. The summed E-state index contributed by atoms with van der Waals surface area (Å²) in [5.74, 6) is -2.08. The molecule has 0 bridgehead atoms. The average molecular weight is 211 g/mol. The lowest BCUT2D eigenvalue weighted by Gasteiger charge is -2.07. The van der Waals surface area contributed by atoms with Crippen LogP contribution in [0.25, 0.3) is 0 Å². The first-order valence-electron chi connectivity index (χ1n) is 3.36. The van der Waals surface area contributed by atoms with Gasteiger partial charge < -0.3 is 10.5 Å². The van der Waals surface area contributed by atoms with Crippen molar-refractivity contribution in [3.8, 4) is 5.88 Å². The summed E-state index contributed by atoms with van der Waals surface area (Å²) in [6.07, 6.45) is -4.50. The van der Waals surface area contributed by atoms with Crippen LogP contribution >= 0.6 is 0 Å². The van der Waals surface area contributed by atoms with Crippen molar-refractivity contribution in [3.05, 3.63) is 12.0 Å². The maximum atomic E-state index is 12.5. The van der Waals surface area contributed by atoms with E-state index in [1.807, 2.05) is 0 Å². The molecule has 1 heterocycles. The standard InChI is InChI=1S/C6H5F4N3O/c7-3-1-4(13-5(11)12-3)14-2-6(8,9)10/h1H,2H2,(H2,11,12,13). The fraction of sp³-hybridized carbons (Fsp3) is 0.333. The Balaban J connectivity index is 2.68. The molecule has 0 aliphatic heterocycles.